The van der Waals surface area contributed by atoms with E-state index < -0.39 is 77.4 Å². The fourth-order valence-corrected chi connectivity index (χ4v) is 9.04. The number of aromatic amines is 1. The summed E-state index contributed by atoms with van der Waals surface area (Å²) in [6.07, 6.45) is 8.37. The molecule has 6 amide bonds. The zero-order chi connectivity index (χ0) is 47.6. The third kappa shape index (κ3) is 15.4. The van der Waals surface area contributed by atoms with Crippen LogP contribution in [-0.4, -0.2) is 95.5 Å². The molecule has 1 saturated carbocycles. The van der Waals surface area contributed by atoms with Crippen LogP contribution in [0.4, 0.5) is 0 Å². The van der Waals surface area contributed by atoms with E-state index in [1.54, 1.807) is 6.20 Å². The number of rotatable bonds is 15. The Labute approximate surface area is 387 Å². The van der Waals surface area contributed by atoms with E-state index in [4.69, 9.17) is 11.5 Å². The number of guanidine groups is 1. The Kier molecular flexibility index (Phi) is 19.6. The van der Waals surface area contributed by atoms with Crippen molar-refractivity contribution >= 4 is 58.1 Å². The number of para-hydroxylation sites is 1. The number of aliphatic imine (C=N–C) groups is 1. The van der Waals surface area contributed by atoms with Crippen molar-refractivity contribution in [2.45, 2.75) is 141 Å². The Morgan fingerprint density at radius 2 is 1.50 bits per heavy atom. The summed E-state index contributed by atoms with van der Waals surface area (Å²) in [5.74, 6) is -4.60. The molecular formula is C49H70N10O7. The number of benzene rings is 2. The van der Waals surface area contributed by atoms with Crippen LogP contribution >= 0.6 is 0 Å². The molecule has 66 heavy (non-hydrogen) atoms. The number of carbonyl (C=O) groups is 7. The molecule has 0 bridgehead atoms. The molecule has 7 atom stereocenters. The molecule has 2 fully saturated rings. The molecule has 1 aliphatic carbocycles. The molecule has 17 heteroatoms. The summed E-state index contributed by atoms with van der Waals surface area (Å²) in [4.78, 5) is 106. The van der Waals surface area contributed by atoms with E-state index in [0.29, 0.717) is 19.3 Å². The van der Waals surface area contributed by atoms with Crippen LogP contribution in [-0.2, 0) is 46.4 Å². The second-order valence-electron chi connectivity index (χ2n) is 18.0. The largest absolute Gasteiger partial charge is 0.370 e. The number of amides is 6. The maximum Gasteiger partial charge on any atom is 0.243 e. The van der Waals surface area contributed by atoms with E-state index in [1.807, 2.05) is 68.4 Å². The summed E-state index contributed by atoms with van der Waals surface area (Å²) in [5.41, 5.74) is 13.5. The van der Waals surface area contributed by atoms with Gasteiger partial charge < -0.3 is 48.4 Å². The van der Waals surface area contributed by atoms with Gasteiger partial charge >= 0.3 is 0 Å². The molecule has 0 radical (unpaired) electrons. The molecule has 2 heterocycles. The summed E-state index contributed by atoms with van der Waals surface area (Å²) in [7, 11) is 0. The van der Waals surface area contributed by atoms with Crippen LogP contribution in [0.15, 0.2) is 65.8 Å². The van der Waals surface area contributed by atoms with Crippen LogP contribution in [0.2, 0.25) is 0 Å². The Hall–Kier alpha value is -6.26. The number of H-pyrrole nitrogens is 1. The molecule has 2 aromatic carbocycles. The molecule has 0 spiro atoms. The lowest BCUT2D eigenvalue weighted by molar-refractivity contribution is -0.137. The highest BCUT2D eigenvalue weighted by atomic mass is 16.2. The Morgan fingerprint density at radius 3 is 2.21 bits per heavy atom. The van der Waals surface area contributed by atoms with Crippen molar-refractivity contribution in [2.24, 2.45) is 34.2 Å². The zero-order valence-corrected chi connectivity index (χ0v) is 38.7. The molecule has 1 unspecified atom stereocenters. The van der Waals surface area contributed by atoms with Crippen LogP contribution in [0.5, 0.6) is 0 Å². The second-order valence-corrected chi connectivity index (χ2v) is 18.0. The highest BCUT2D eigenvalue weighted by Crippen LogP contribution is 2.29. The number of nitrogens with two attached hydrogens (primary N) is 2. The number of aromatic nitrogens is 1. The minimum Gasteiger partial charge on any atom is -0.370 e. The van der Waals surface area contributed by atoms with Gasteiger partial charge in [-0.05, 0) is 61.1 Å². The molecule has 5 rings (SSSR count). The van der Waals surface area contributed by atoms with E-state index in [9.17, 15) is 33.6 Å². The topological polar surface area (TPSA) is 272 Å². The number of nitrogens with zero attached hydrogens (tertiary/aromatic N) is 1. The van der Waals surface area contributed by atoms with Crippen molar-refractivity contribution in [2.75, 3.05) is 13.1 Å². The maximum absolute atomic E-state index is 14.7. The third-order valence-corrected chi connectivity index (χ3v) is 13.0. The van der Waals surface area contributed by atoms with Gasteiger partial charge in [-0.1, -0.05) is 101 Å². The summed E-state index contributed by atoms with van der Waals surface area (Å²) in [6.45, 7) is 5.39. The first-order valence-corrected chi connectivity index (χ1v) is 23.7. The van der Waals surface area contributed by atoms with E-state index in [1.165, 1.54) is 6.92 Å². The number of ketones is 1. The van der Waals surface area contributed by atoms with E-state index in [2.05, 4.69) is 41.9 Å². The Morgan fingerprint density at radius 1 is 0.818 bits per heavy atom. The van der Waals surface area contributed by atoms with Crippen molar-refractivity contribution in [1.82, 2.24) is 36.9 Å². The number of carbonyl (C=O) groups excluding carboxylic acids is 7. The molecule has 11 N–H and O–H groups in total. The molecular weight excluding hydrogens is 841 g/mol. The summed E-state index contributed by atoms with van der Waals surface area (Å²) in [5, 5.41) is 18.3. The molecule has 17 nitrogen and oxygen atoms in total. The summed E-state index contributed by atoms with van der Waals surface area (Å²) >= 11 is 0. The lowest BCUT2D eigenvalue weighted by atomic mass is 9.83. The highest BCUT2D eigenvalue weighted by molar-refractivity contribution is 5.97. The van der Waals surface area contributed by atoms with Crippen molar-refractivity contribution in [3.8, 4) is 0 Å². The quantitative estimate of drug-likeness (QED) is 0.0616. The molecule has 1 aromatic heterocycles. The smallest absolute Gasteiger partial charge is 0.243 e. The second kappa shape index (κ2) is 25.4. The standard InChI is InChI=1S/C49H70N10O7/c1-4-30(2)36-28-43(61)38(56-46(64)40(55-31(3)60)25-32-15-7-5-8-16-32)21-13-23-52-45(63)39(22-14-24-53-49(50)51)57-48(66)42(27-34-29-54-37-20-12-11-19-35(34)37)59-47(65)41(58-44(36)62)26-33-17-9-6-10-18-33/h5,7-8,11-12,15-16,19-20,29-30,33,36,38-42,54H,4,6,9-10,13-14,17-18,21-28H2,1-3H3,(H,52,63)(H,55,60)(H,56,64)(H,57,66)(H,58,62)(H,59,65)(H4,50,51,53)/t30?,36-,38-,39-,40-,41+,42-/m0/s1. The average Bonchev–Trinajstić information content (AvgIpc) is 3.71. The van der Waals surface area contributed by atoms with Crippen LogP contribution in [0, 0.1) is 17.8 Å². The fourth-order valence-electron chi connectivity index (χ4n) is 9.04. The lowest BCUT2D eigenvalue weighted by Gasteiger charge is -2.31. The number of nitrogens with one attached hydrogen (secondary N) is 7. The first kappa shape index (κ1) is 50.7. The highest BCUT2D eigenvalue weighted by Gasteiger charge is 2.37. The first-order chi connectivity index (χ1) is 31.7. The van der Waals surface area contributed by atoms with Crippen LogP contribution in [0.25, 0.3) is 10.9 Å². The van der Waals surface area contributed by atoms with Gasteiger partial charge in [0.2, 0.25) is 35.4 Å². The van der Waals surface area contributed by atoms with Gasteiger partial charge in [0, 0.05) is 62.3 Å². The maximum atomic E-state index is 14.7. The van der Waals surface area contributed by atoms with Crippen LogP contribution in [0.1, 0.15) is 109 Å². The minimum atomic E-state index is -1.14. The molecule has 1 saturated heterocycles. The lowest BCUT2D eigenvalue weighted by Crippen LogP contribution is -2.58. The van der Waals surface area contributed by atoms with Gasteiger partial charge in [0.05, 0.1) is 6.04 Å². The van der Waals surface area contributed by atoms with Crippen LogP contribution < -0.4 is 43.4 Å². The normalized spacial score (nSPS) is 22.9. The average molecular weight is 911 g/mol. The van der Waals surface area contributed by atoms with Crippen molar-refractivity contribution < 1.29 is 33.6 Å². The molecule has 2 aliphatic rings. The van der Waals surface area contributed by atoms with E-state index in [0.717, 1.165) is 54.1 Å². The SMILES string of the molecule is CCC(C)[C@@H]1CC(=O)[C@@H](NC(=O)[C@H](Cc2ccccc2)NC(C)=O)CCCNC(=O)[C@H](CCCN=C(N)N)NC(=O)[C@H](Cc2c[nH]c3ccccc23)NC(=O)[C@@H](CC2CCCCC2)NC1=O. The zero-order valence-electron chi connectivity index (χ0n) is 38.7. The van der Waals surface area contributed by atoms with E-state index in [-0.39, 0.29) is 69.4 Å². The van der Waals surface area contributed by atoms with Crippen molar-refractivity contribution in [1.29, 1.82) is 0 Å². The van der Waals surface area contributed by atoms with Gasteiger partial charge in [-0.25, -0.2) is 0 Å². The van der Waals surface area contributed by atoms with Gasteiger partial charge in [0.25, 0.3) is 0 Å². The first-order valence-electron chi connectivity index (χ1n) is 23.7. The third-order valence-electron chi connectivity index (χ3n) is 13.0. The fraction of sp³-hybridized carbons (Fsp3) is 0.551. The van der Waals surface area contributed by atoms with Gasteiger partial charge in [-0.2, -0.15) is 0 Å². The van der Waals surface area contributed by atoms with Gasteiger partial charge in [0.15, 0.2) is 11.7 Å². The van der Waals surface area contributed by atoms with Gasteiger partial charge in [-0.15, -0.1) is 0 Å². The van der Waals surface area contributed by atoms with Gasteiger partial charge in [0.1, 0.15) is 24.2 Å². The number of fused-ring (bicyclic) bond motifs is 1. The number of Topliss-reactive ketones (excluding diaryl/α,β-unsaturated/α-hetero) is 1. The predicted octanol–water partition coefficient (Wildman–Crippen LogP) is 2.95. The predicted molar refractivity (Wildman–Crippen MR) is 253 cm³/mol. The minimum absolute atomic E-state index is 0.0749. The Balaban J connectivity index is 1.49. The monoisotopic (exact) mass is 911 g/mol. The number of hydrogen-bond donors (Lipinski definition) is 9. The van der Waals surface area contributed by atoms with Crippen molar-refractivity contribution in [3.05, 3.63) is 71.9 Å². The van der Waals surface area contributed by atoms with Gasteiger partial charge in [-0.3, -0.25) is 38.6 Å². The molecule has 358 valence electrons. The van der Waals surface area contributed by atoms with E-state index >= 15 is 0 Å². The Bertz CT molecular complexity index is 2150. The molecule has 3 aromatic rings. The van der Waals surface area contributed by atoms with Crippen LogP contribution in [0.3, 0.4) is 0 Å². The van der Waals surface area contributed by atoms with Crippen molar-refractivity contribution in [3.63, 3.8) is 0 Å². The summed E-state index contributed by atoms with van der Waals surface area (Å²) in [6, 6.07) is 11.5. The molecule has 1 aliphatic heterocycles. The number of hydrogen-bond acceptors (Lipinski definition) is 8. The summed E-state index contributed by atoms with van der Waals surface area (Å²) < 4.78 is 0.